The van der Waals surface area contributed by atoms with E-state index in [2.05, 4.69) is 5.32 Å². The van der Waals surface area contributed by atoms with Crippen molar-refractivity contribution in [3.8, 4) is 0 Å². The summed E-state index contributed by atoms with van der Waals surface area (Å²) in [6, 6.07) is 0.623. The smallest absolute Gasteiger partial charge is 0.0948 e. The Morgan fingerprint density at radius 2 is 1.85 bits per heavy atom. The van der Waals surface area contributed by atoms with E-state index >= 15 is 0 Å². The Bertz CT molecular complexity index is 159. The van der Waals surface area contributed by atoms with Crippen LogP contribution in [-0.4, -0.2) is 49.7 Å². The van der Waals surface area contributed by atoms with Crippen molar-refractivity contribution in [2.24, 2.45) is 0 Å². The largest absolute Gasteiger partial charge is 0.389 e. The first-order chi connectivity index (χ1) is 6.36. The third-order valence-electron chi connectivity index (χ3n) is 2.72. The van der Waals surface area contributed by atoms with Crippen LogP contribution in [0, 0.1) is 0 Å². The number of hydrogen-bond acceptors (Lipinski definition) is 4. The van der Waals surface area contributed by atoms with E-state index in [0.717, 1.165) is 26.1 Å². The van der Waals surface area contributed by atoms with Gasteiger partial charge in [-0.15, -0.1) is 0 Å². The minimum absolute atomic E-state index is 0.128. The van der Waals surface area contributed by atoms with Crippen molar-refractivity contribution in [3.05, 3.63) is 0 Å². The zero-order valence-corrected chi connectivity index (χ0v) is 7.74. The first kappa shape index (κ1) is 9.40. The van der Waals surface area contributed by atoms with Crippen molar-refractivity contribution in [1.29, 1.82) is 0 Å². The predicted octanol–water partition coefficient (Wildman–Crippen LogP) is -0.485. The summed E-state index contributed by atoms with van der Waals surface area (Å²) in [5.41, 5.74) is 0. The molecule has 0 saturated carbocycles. The van der Waals surface area contributed by atoms with Crippen molar-refractivity contribution in [3.63, 3.8) is 0 Å². The maximum atomic E-state index is 9.50. The van der Waals surface area contributed by atoms with E-state index in [0.29, 0.717) is 19.3 Å². The van der Waals surface area contributed by atoms with E-state index in [9.17, 15) is 5.11 Å². The quantitative estimate of drug-likeness (QED) is 0.613. The summed E-state index contributed by atoms with van der Waals surface area (Å²) in [5.74, 6) is 0. The highest BCUT2D eigenvalue weighted by atomic mass is 16.5. The normalized spacial score (nSPS) is 36.7. The number of nitrogens with one attached hydrogen (secondary N) is 1. The fourth-order valence-corrected chi connectivity index (χ4v) is 1.87. The number of rotatable bonds is 2. The van der Waals surface area contributed by atoms with Crippen molar-refractivity contribution >= 4 is 0 Å². The van der Waals surface area contributed by atoms with Crippen molar-refractivity contribution in [2.75, 3.05) is 26.4 Å². The molecule has 4 nitrogen and oxygen atoms in total. The topological polar surface area (TPSA) is 50.7 Å². The first-order valence-electron chi connectivity index (χ1n) is 4.96. The Morgan fingerprint density at radius 3 is 2.46 bits per heavy atom. The van der Waals surface area contributed by atoms with Crippen LogP contribution in [0.3, 0.4) is 0 Å². The van der Waals surface area contributed by atoms with Crippen LogP contribution in [-0.2, 0) is 9.47 Å². The number of aliphatic hydroxyl groups is 1. The lowest BCUT2D eigenvalue weighted by molar-refractivity contribution is 0.0676. The molecule has 2 aliphatic rings. The Balaban J connectivity index is 1.75. The predicted molar refractivity (Wildman–Crippen MR) is 47.6 cm³/mol. The average Bonchev–Trinajstić information content (AvgIpc) is 2.54. The lowest BCUT2D eigenvalue weighted by Gasteiger charge is -2.27. The summed E-state index contributed by atoms with van der Waals surface area (Å²) in [5, 5.41) is 12.9. The molecule has 2 aliphatic heterocycles. The molecule has 0 spiro atoms. The second-order valence-electron chi connectivity index (χ2n) is 3.76. The number of aliphatic hydroxyl groups excluding tert-OH is 1. The molecule has 0 aliphatic carbocycles. The fourth-order valence-electron chi connectivity index (χ4n) is 1.87. The third kappa shape index (κ3) is 2.40. The van der Waals surface area contributed by atoms with Crippen LogP contribution in [0.25, 0.3) is 0 Å². The Hall–Kier alpha value is -0.160. The molecule has 0 aromatic carbocycles. The van der Waals surface area contributed by atoms with Crippen LogP contribution >= 0.6 is 0 Å². The molecule has 4 heteroatoms. The highest BCUT2D eigenvalue weighted by Crippen LogP contribution is 2.11. The summed E-state index contributed by atoms with van der Waals surface area (Å²) in [6.07, 6.45) is 1.76. The van der Waals surface area contributed by atoms with Gasteiger partial charge >= 0.3 is 0 Å². The highest BCUT2D eigenvalue weighted by molar-refractivity contribution is 4.84. The molecule has 0 bridgehead atoms. The molecule has 2 fully saturated rings. The first-order valence-corrected chi connectivity index (χ1v) is 4.96. The van der Waals surface area contributed by atoms with Gasteiger partial charge < -0.3 is 19.9 Å². The average molecular weight is 187 g/mol. The number of hydrogen-bond donors (Lipinski definition) is 2. The Labute approximate surface area is 78.2 Å². The van der Waals surface area contributed by atoms with Gasteiger partial charge in [0.2, 0.25) is 0 Å². The molecule has 13 heavy (non-hydrogen) atoms. The van der Waals surface area contributed by atoms with E-state index in [1.54, 1.807) is 0 Å². The summed E-state index contributed by atoms with van der Waals surface area (Å²) in [6.45, 7) is 2.78. The molecular weight excluding hydrogens is 170 g/mol. The molecule has 2 unspecified atom stereocenters. The van der Waals surface area contributed by atoms with Gasteiger partial charge in [0.1, 0.15) is 0 Å². The van der Waals surface area contributed by atoms with Crippen LogP contribution in [0.4, 0.5) is 0 Å². The van der Waals surface area contributed by atoms with Gasteiger partial charge in [-0.1, -0.05) is 0 Å². The van der Waals surface area contributed by atoms with E-state index in [-0.39, 0.29) is 12.1 Å². The van der Waals surface area contributed by atoms with Crippen molar-refractivity contribution in [1.82, 2.24) is 5.32 Å². The number of ether oxygens (including phenoxy) is 2. The van der Waals surface area contributed by atoms with Gasteiger partial charge in [0, 0.05) is 19.3 Å². The standard InChI is InChI=1S/C9H17NO3/c11-9-6-13-5-8(9)10-7-1-3-12-4-2-7/h7-11H,1-6H2. The van der Waals surface area contributed by atoms with Gasteiger partial charge in [-0.2, -0.15) is 0 Å². The lowest BCUT2D eigenvalue weighted by atomic mass is 10.1. The van der Waals surface area contributed by atoms with Gasteiger partial charge in [-0.05, 0) is 12.8 Å². The minimum Gasteiger partial charge on any atom is -0.389 e. The van der Waals surface area contributed by atoms with E-state index in [4.69, 9.17) is 9.47 Å². The molecule has 0 aromatic heterocycles. The highest BCUT2D eigenvalue weighted by Gasteiger charge is 2.28. The van der Waals surface area contributed by atoms with E-state index in [1.165, 1.54) is 0 Å². The second-order valence-corrected chi connectivity index (χ2v) is 3.76. The van der Waals surface area contributed by atoms with Crippen LogP contribution in [0.2, 0.25) is 0 Å². The van der Waals surface area contributed by atoms with Crippen LogP contribution in [0.5, 0.6) is 0 Å². The summed E-state index contributed by atoms with van der Waals surface area (Å²) < 4.78 is 10.4. The third-order valence-corrected chi connectivity index (χ3v) is 2.72. The molecule has 0 aromatic rings. The maximum Gasteiger partial charge on any atom is 0.0948 e. The summed E-state index contributed by atoms with van der Waals surface area (Å²) in [4.78, 5) is 0. The molecule has 2 N–H and O–H groups in total. The minimum atomic E-state index is -0.331. The van der Waals surface area contributed by atoms with E-state index in [1.807, 2.05) is 0 Å². The zero-order valence-electron chi connectivity index (χ0n) is 7.74. The SMILES string of the molecule is OC1COCC1NC1CCOCC1. The second kappa shape index (κ2) is 4.37. The Morgan fingerprint density at radius 1 is 1.08 bits per heavy atom. The van der Waals surface area contributed by atoms with Gasteiger partial charge in [-0.3, -0.25) is 0 Å². The molecule has 2 heterocycles. The molecule has 2 saturated heterocycles. The van der Waals surface area contributed by atoms with Gasteiger partial charge in [-0.25, -0.2) is 0 Å². The van der Waals surface area contributed by atoms with E-state index < -0.39 is 0 Å². The Kier molecular flexibility index (Phi) is 3.16. The summed E-state index contributed by atoms with van der Waals surface area (Å²) >= 11 is 0. The molecule has 0 radical (unpaired) electrons. The maximum absolute atomic E-state index is 9.50. The molecule has 2 rings (SSSR count). The molecule has 2 atom stereocenters. The molecule has 76 valence electrons. The van der Waals surface area contributed by atoms with Crippen LogP contribution < -0.4 is 5.32 Å². The van der Waals surface area contributed by atoms with Gasteiger partial charge in [0.25, 0.3) is 0 Å². The van der Waals surface area contributed by atoms with Crippen molar-refractivity contribution < 1.29 is 14.6 Å². The monoisotopic (exact) mass is 187 g/mol. The van der Waals surface area contributed by atoms with Crippen molar-refractivity contribution in [2.45, 2.75) is 31.0 Å². The van der Waals surface area contributed by atoms with Gasteiger partial charge in [0.05, 0.1) is 25.4 Å². The molecular formula is C9H17NO3. The summed E-state index contributed by atoms with van der Waals surface area (Å²) in [7, 11) is 0. The van der Waals surface area contributed by atoms with Gasteiger partial charge in [0.15, 0.2) is 0 Å². The van der Waals surface area contributed by atoms with Crippen LogP contribution in [0.15, 0.2) is 0 Å². The van der Waals surface area contributed by atoms with Crippen LogP contribution in [0.1, 0.15) is 12.8 Å². The fraction of sp³-hybridized carbons (Fsp3) is 1.00. The molecule has 0 amide bonds. The zero-order chi connectivity index (χ0) is 9.10. The lowest BCUT2D eigenvalue weighted by Crippen LogP contribution is -2.46.